The third kappa shape index (κ3) is 2.20. The summed E-state index contributed by atoms with van der Waals surface area (Å²) in [5.41, 5.74) is 5.70. The van der Waals surface area contributed by atoms with E-state index in [4.69, 9.17) is 0 Å². The number of hydrogen-bond donors (Lipinski definition) is 0. The highest BCUT2D eigenvalue weighted by molar-refractivity contribution is 6.80. The van der Waals surface area contributed by atoms with E-state index in [1.165, 1.54) is 0 Å². The fraction of sp³-hybridized carbons (Fsp3) is 0.250. The minimum Gasteiger partial charge on any atom is -0.322 e. The van der Waals surface area contributed by atoms with Crippen molar-refractivity contribution >= 4 is 17.9 Å². The second-order valence-electron chi connectivity index (χ2n) is 4.97. The molecule has 0 aliphatic rings. The summed E-state index contributed by atoms with van der Waals surface area (Å²) < 4.78 is 14.9. The SMILES string of the molecule is Cc1cccc(C)c1B(F)c1c(C)cccc1C. The summed E-state index contributed by atoms with van der Waals surface area (Å²) in [6, 6.07) is 11.9. The summed E-state index contributed by atoms with van der Waals surface area (Å²) in [4.78, 5) is 0. The van der Waals surface area contributed by atoms with E-state index in [1.54, 1.807) is 0 Å². The maximum atomic E-state index is 14.9. The molecule has 0 fully saturated rings. The van der Waals surface area contributed by atoms with Crippen molar-refractivity contribution in [3.8, 4) is 0 Å². The van der Waals surface area contributed by atoms with Crippen molar-refractivity contribution in [1.29, 1.82) is 0 Å². The Balaban J connectivity index is 2.58. The molecule has 2 heteroatoms. The van der Waals surface area contributed by atoms with E-state index in [9.17, 15) is 4.32 Å². The molecule has 2 rings (SSSR count). The number of hydrogen-bond acceptors (Lipinski definition) is 0. The predicted octanol–water partition coefficient (Wildman–Crippen LogP) is 3.00. The van der Waals surface area contributed by atoms with Gasteiger partial charge in [-0.15, -0.1) is 0 Å². The van der Waals surface area contributed by atoms with Crippen LogP contribution in [0, 0.1) is 27.7 Å². The van der Waals surface area contributed by atoms with Crippen molar-refractivity contribution in [2.24, 2.45) is 0 Å². The zero-order valence-corrected chi connectivity index (χ0v) is 11.4. The fourth-order valence-electron chi connectivity index (χ4n) is 2.60. The van der Waals surface area contributed by atoms with Gasteiger partial charge in [-0.25, -0.2) is 0 Å². The van der Waals surface area contributed by atoms with Crippen LogP contribution in [0.2, 0.25) is 0 Å². The van der Waals surface area contributed by atoms with Gasteiger partial charge in [0.15, 0.2) is 0 Å². The molecule has 92 valence electrons. The molecule has 0 saturated heterocycles. The van der Waals surface area contributed by atoms with Gasteiger partial charge in [-0.3, -0.25) is 0 Å². The first-order chi connectivity index (χ1) is 8.52. The second-order valence-corrected chi connectivity index (χ2v) is 4.97. The van der Waals surface area contributed by atoms with Crippen LogP contribution in [0.4, 0.5) is 4.32 Å². The molecule has 0 unspecified atom stereocenters. The number of halogens is 1. The molecule has 0 nitrogen and oxygen atoms in total. The summed E-state index contributed by atoms with van der Waals surface area (Å²) in [6.45, 7) is 6.86. The van der Waals surface area contributed by atoms with E-state index in [1.807, 2.05) is 64.1 Å². The van der Waals surface area contributed by atoms with Crippen LogP contribution >= 0.6 is 0 Å². The molecule has 0 bridgehead atoms. The highest BCUT2D eigenvalue weighted by Gasteiger charge is 2.26. The van der Waals surface area contributed by atoms with Crippen molar-refractivity contribution in [2.45, 2.75) is 27.7 Å². The Hall–Kier alpha value is -1.57. The van der Waals surface area contributed by atoms with Gasteiger partial charge in [0.1, 0.15) is 0 Å². The Morgan fingerprint density at radius 1 is 0.667 bits per heavy atom. The van der Waals surface area contributed by atoms with Crippen LogP contribution in [0.25, 0.3) is 0 Å². The van der Waals surface area contributed by atoms with Gasteiger partial charge in [-0.05, 0) is 38.6 Å². The molecule has 0 spiro atoms. The lowest BCUT2D eigenvalue weighted by Gasteiger charge is -2.15. The third-order valence-electron chi connectivity index (χ3n) is 3.59. The smallest absolute Gasteiger partial charge is 0.322 e. The molecule has 0 atom stereocenters. The average molecular weight is 240 g/mol. The van der Waals surface area contributed by atoms with Gasteiger partial charge >= 0.3 is 6.99 Å². The Bertz CT molecular complexity index is 483. The summed E-state index contributed by atoms with van der Waals surface area (Å²) >= 11 is 0. The van der Waals surface area contributed by atoms with E-state index in [-0.39, 0.29) is 0 Å². The van der Waals surface area contributed by atoms with Crippen LogP contribution in [0.5, 0.6) is 0 Å². The Morgan fingerprint density at radius 2 is 0.944 bits per heavy atom. The van der Waals surface area contributed by atoms with Gasteiger partial charge in [0, 0.05) is 0 Å². The summed E-state index contributed by atoms with van der Waals surface area (Å²) in [6.07, 6.45) is 0. The van der Waals surface area contributed by atoms with Crippen molar-refractivity contribution < 1.29 is 4.32 Å². The monoisotopic (exact) mass is 240 g/mol. The van der Waals surface area contributed by atoms with Crippen LogP contribution in [0.1, 0.15) is 22.3 Å². The molecule has 0 amide bonds. The maximum Gasteiger partial charge on any atom is 0.414 e. The topological polar surface area (TPSA) is 0 Å². The average Bonchev–Trinajstić information content (AvgIpc) is 2.28. The van der Waals surface area contributed by atoms with Crippen molar-refractivity contribution in [3.05, 3.63) is 58.7 Å². The quantitative estimate of drug-likeness (QED) is 0.708. The summed E-state index contributed by atoms with van der Waals surface area (Å²) in [5.74, 6) is 0. The van der Waals surface area contributed by atoms with E-state index >= 15 is 0 Å². The summed E-state index contributed by atoms with van der Waals surface area (Å²) in [7, 11) is 0. The largest absolute Gasteiger partial charge is 0.414 e. The van der Waals surface area contributed by atoms with Crippen LogP contribution in [-0.4, -0.2) is 6.99 Å². The van der Waals surface area contributed by atoms with E-state index in [2.05, 4.69) is 0 Å². The molecule has 0 aliphatic heterocycles. The first-order valence-electron chi connectivity index (χ1n) is 6.28. The molecule has 0 heterocycles. The Morgan fingerprint density at radius 3 is 1.22 bits per heavy atom. The van der Waals surface area contributed by atoms with Gasteiger partial charge in [0.05, 0.1) is 0 Å². The number of aryl methyl sites for hydroxylation is 4. The molecular formula is C16H18BF. The zero-order chi connectivity index (χ0) is 13.3. The highest BCUT2D eigenvalue weighted by atomic mass is 19.1. The number of rotatable bonds is 2. The molecule has 0 aromatic heterocycles. The van der Waals surface area contributed by atoms with Crippen molar-refractivity contribution in [3.63, 3.8) is 0 Å². The standard InChI is InChI=1S/C16H18BF/c1-11-7-5-8-12(2)15(11)17(18)16-13(3)9-6-10-14(16)4/h5-10H,1-4H3. The van der Waals surface area contributed by atoms with Crippen molar-refractivity contribution in [1.82, 2.24) is 0 Å². The molecule has 2 aromatic rings. The van der Waals surface area contributed by atoms with Crippen molar-refractivity contribution in [2.75, 3.05) is 0 Å². The first kappa shape index (κ1) is 12.9. The number of benzene rings is 2. The van der Waals surface area contributed by atoms with Gasteiger partial charge in [-0.2, -0.15) is 0 Å². The molecule has 2 aromatic carbocycles. The van der Waals surface area contributed by atoms with Gasteiger partial charge in [-0.1, -0.05) is 58.7 Å². The van der Waals surface area contributed by atoms with Crippen LogP contribution in [0.15, 0.2) is 36.4 Å². The third-order valence-corrected chi connectivity index (χ3v) is 3.59. The molecule has 0 radical (unpaired) electrons. The zero-order valence-electron chi connectivity index (χ0n) is 11.4. The lowest BCUT2D eigenvalue weighted by atomic mass is 9.54. The summed E-state index contributed by atoms with van der Waals surface area (Å²) in [5, 5.41) is 0. The molecule has 0 saturated carbocycles. The van der Waals surface area contributed by atoms with Gasteiger partial charge < -0.3 is 4.32 Å². The highest BCUT2D eigenvalue weighted by Crippen LogP contribution is 2.08. The van der Waals surface area contributed by atoms with Crippen LogP contribution < -0.4 is 10.9 Å². The van der Waals surface area contributed by atoms with Crippen LogP contribution in [-0.2, 0) is 0 Å². The molecular weight excluding hydrogens is 222 g/mol. The lowest BCUT2D eigenvalue weighted by Crippen LogP contribution is -2.43. The van der Waals surface area contributed by atoms with Gasteiger partial charge in [0.2, 0.25) is 0 Å². The van der Waals surface area contributed by atoms with Gasteiger partial charge in [0.25, 0.3) is 0 Å². The first-order valence-corrected chi connectivity index (χ1v) is 6.28. The molecule has 0 aliphatic carbocycles. The Labute approximate surface area is 109 Å². The minimum atomic E-state index is -1.03. The molecule has 18 heavy (non-hydrogen) atoms. The second kappa shape index (κ2) is 4.97. The van der Waals surface area contributed by atoms with Crippen LogP contribution in [0.3, 0.4) is 0 Å². The lowest BCUT2D eigenvalue weighted by molar-refractivity contribution is 0.862. The van der Waals surface area contributed by atoms with E-state index < -0.39 is 6.99 Å². The Kier molecular flexibility index (Phi) is 3.56. The van der Waals surface area contributed by atoms with E-state index in [0.717, 1.165) is 33.2 Å². The maximum absolute atomic E-state index is 14.9. The normalized spacial score (nSPS) is 10.5. The minimum absolute atomic E-state index is 0.815. The molecule has 0 N–H and O–H groups in total. The fourth-order valence-corrected chi connectivity index (χ4v) is 2.60. The van der Waals surface area contributed by atoms with E-state index in [0.29, 0.717) is 0 Å². The predicted molar refractivity (Wildman–Crippen MR) is 78.0 cm³/mol.